The zero-order valence-electron chi connectivity index (χ0n) is 11.8. The summed E-state index contributed by atoms with van der Waals surface area (Å²) in [5.74, 6) is -1.98. The van der Waals surface area contributed by atoms with Crippen molar-refractivity contribution in [3.8, 4) is 0 Å². The molecule has 8 heteroatoms. The summed E-state index contributed by atoms with van der Waals surface area (Å²) in [4.78, 5) is 3.43. The van der Waals surface area contributed by atoms with E-state index in [0.29, 0.717) is 0 Å². The first-order valence-electron chi connectivity index (χ1n) is 6.08. The molecule has 0 spiro atoms. The summed E-state index contributed by atoms with van der Waals surface area (Å²) in [6.07, 6.45) is 0.0990. The zero-order valence-corrected chi connectivity index (χ0v) is 12.6. The topological polar surface area (TPSA) is 73.6 Å². The van der Waals surface area contributed by atoms with Crippen molar-refractivity contribution >= 4 is 22.6 Å². The van der Waals surface area contributed by atoms with Crippen molar-refractivity contribution in [3.05, 3.63) is 29.3 Å². The number of hydrogen-bond acceptors (Lipinski definition) is 4. The number of rotatable bonds is 6. The van der Waals surface area contributed by atoms with E-state index in [9.17, 15) is 13.2 Å². The second-order valence-electron chi connectivity index (χ2n) is 4.75. The largest absolute Gasteiger partial charge is 0.399 e. The van der Waals surface area contributed by atoms with Crippen LogP contribution in [-0.4, -0.2) is 30.4 Å². The van der Waals surface area contributed by atoms with Gasteiger partial charge in [-0.15, -0.1) is 0 Å². The van der Waals surface area contributed by atoms with Crippen LogP contribution in [0.3, 0.4) is 0 Å². The van der Waals surface area contributed by atoms with Crippen molar-refractivity contribution < 1.29 is 17.9 Å². The van der Waals surface area contributed by atoms with Crippen molar-refractivity contribution in [3.63, 3.8) is 0 Å². The van der Waals surface area contributed by atoms with Crippen molar-refractivity contribution in [2.24, 2.45) is 10.7 Å². The molecule has 118 valence electrons. The third kappa shape index (κ3) is 5.13. The zero-order chi connectivity index (χ0) is 16.0. The third-order valence-electron chi connectivity index (χ3n) is 2.71. The number of ether oxygens (including phenoxy) is 1. The van der Waals surface area contributed by atoms with Crippen LogP contribution in [0.15, 0.2) is 17.1 Å². The van der Waals surface area contributed by atoms with E-state index in [1.807, 2.05) is 0 Å². The number of anilines is 1. The Morgan fingerprint density at radius 3 is 2.67 bits per heavy atom. The summed E-state index contributed by atoms with van der Waals surface area (Å²) in [6.45, 7) is 0.988. The number of alkyl halides is 1. The highest BCUT2D eigenvalue weighted by Crippen LogP contribution is 2.31. The van der Waals surface area contributed by atoms with Crippen LogP contribution in [0.1, 0.15) is 12.5 Å². The summed E-state index contributed by atoms with van der Waals surface area (Å²) in [6, 6.07) is 2.27. The summed E-state index contributed by atoms with van der Waals surface area (Å²) < 4.78 is 43.7. The molecule has 21 heavy (non-hydrogen) atoms. The Kier molecular flexibility index (Phi) is 6.35. The van der Waals surface area contributed by atoms with Crippen LogP contribution < -0.4 is 11.5 Å². The third-order valence-corrected chi connectivity index (χ3v) is 3.80. The van der Waals surface area contributed by atoms with E-state index in [0.717, 1.165) is 17.8 Å². The average Bonchev–Trinajstić information content (AvgIpc) is 2.35. The van der Waals surface area contributed by atoms with Gasteiger partial charge in [-0.3, -0.25) is 0 Å². The van der Waals surface area contributed by atoms with Gasteiger partial charge in [0.2, 0.25) is 0 Å². The normalized spacial score (nSPS) is 15.0. The number of nitrogen functional groups attached to an aromatic ring is 1. The fourth-order valence-corrected chi connectivity index (χ4v) is 2.99. The predicted molar refractivity (Wildman–Crippen MR) is 79.9 cm³/mol. The van der Waals surface area contributed by atoms with Crippen LogP contribution in [0.4, 0.5) is 18.9 Å². The standard InChI is InChI=1S/C13H18F3N3OS/c1-13(6-20-2,21-12(18)19-7-14)5-8-3-9(17)4-10(15)11(8)16/h3-4H,5-7,17H2,1-2H3,(H2,18,19)/t13-/m1/s1. The maximum Gasteiger partial charge on any atom is 0.182 e. The van der Waals surface area contributed by atoms with Gasteiger partial charge in [-0.25, -0.2) is 18.2 Å². The maximum absolute atomic E-state index is 13.8. The number of thioether (sulfide) groups is 1. The Labute approximate surface area is 125 Å². The molecule has 0 bridgehead atoms. The number of nitrogens with two attached hydrogens (primary N) is 2. The Morgan fingerprint density at radius 1 is 1.43 bits per heavy atom. The van der Waals surface area contributed by atoms with Crippen LogP contribution in [0.5, 0.6) is 0 Å². The van der Waals surface area contributed by atoms with Crippen molar-refractivity contribution in [1.82, 2.24) is 0 Å². The maximum atomic E-state index is 13.8. The molecule has 0 radical (unpaired) electrons. The molecule has 1 atom stereocenters. The number of nitrogens with zero attached hydrogens (tertiary/aromatic N) is 1. The van der Waals surface area contributed by atoms with E-state index in [2.05, 4.69) is 4.99 Å². The highest BCUT2D eigenvalue weighted by Gasteiger charge is 2.29. The van der Waals surface area contributed by atoms with Gasteiger partial charge in [-0.1, -0.05) is 11.8 Å². The quantitative estimate of drug-likeness (QED) is 0.365. The van der Waals surface area contributed by atoms with Crippen LogP contribution >= 0.6 is 11.8 Å². The molecule has 0 aliphatic heterocycles. The van der Waals surface area contributed by atoms with Gasteiger partial charge in [-0.05, 0) is 31.0 Å². The second-order valence-corrected chi connectivity index (χ2v) is 6.36. The number of amidine groups is 1. The second kappa shape index (κ2) is 7.56. The van der Waals surface area contributed by atoms with Gasteiger partial charge in [0.15, 0.2) is 23.6 Å². The van der Waals surface area contributed by atoms with Gasteiger partial charge in [-0.2, -0.15) is 0 Å². The first kappa shape index (κ1) is 17.6. The molecule has 0 amide bonds. The number of methoxy groups -OCH3 is 1. The van der Waals surface area contributed by atoms with E-state index in [1.165, 1.54) is 13.2 Å². The molecule has 1 aromatic carbocycles. The van der Waals surface area contributed by atoms with Gasteiger partial charge >= 0.3 is 0 Å². The smallest absolute Gasteiger partial charge is 0.182 e. The van der Waals surface area contributed by atoms with Crippen molar-refractivity contribution in [2.75, 3.05) is 26.2 Å². The van der Waals surface area contributed by atoms with Crippen molar-refractivity contribution in [1.29, 1.82) is 0 Å². The lowest BCUT2D eigenvalue weighted by Crippen LogP contribution is -2.33. The van der Waals surface area contributed by atoms with E-state index >= 15 is 0 Å². The monoisotopic (exact) mass is 321 g/mol. The molecule has 0 aliphatic carbocycles. The van der Waals surface area contributed by atoms with E-state index < -0.39 is 23.2 Å². The van der Waals surface area contributed by atoms with Crippen molar-refractivity contribution in [2.45, 2.75) is 18.1 Å². The molecule has 4 N–H and O–H groups in total. The van der Waals surface area contributed by atoms with Crippen LogP contribution in [0.25, 0.3) is 0 Å². The summed E-state index contributed by atoms with van der Waals surface area (Å²) >= 11 is 1.04. The van der Waals surface area contributed by atoms with Crippen LogP contribution in [-0.2, 0) is 11.2 Å². The van der Waals surface area contributed by atoms with Crippen LogP contribution in [0, 0.1) is 11.6 Å². The Balaban J connectivity index is 3.05. The van der Waals surface area contributed by atoms with E-state index in [-0.39, 0.29) is 29.4 Å². The lowest BCUT2D eigenvalue weighted by atomic mass is 9.99. The molecule has 0 saturated carbocycles. The molecule has 0 fully saturated rings. The molecular formula is C13H18F3N3OS. The van der Waals surface area contributed by atoms with Crippen LogP contribution in [0.2, 0.25) is 0 Å². The minimum Gasteiger partial charge on any atom is -0.399 e. The molecule has 0 saturated heterocycles. The molecule has 0 heterocycles. The molecule has 1 aromatic rings. The first-order chi connectivity index (χ1) is 9.81. The fraction of sp³-hybridized carbons (Fsp3) is 0.462. The predicted octanol–water partition coefficient (Wildman–Crippen LogP) is 2.47. The number of benzene rings is 1. The van der Waals surface area contributed by atoms with Gasteiger partial charge in [0, 0.05) is 17.5 Å². The molecular weight excluding hydrogens is 303 g/mol. The summed E-state index contributed by atoms with van der Waals surface area (Å²) in [5.41, 5.74) is 11.3. The van der Waals surface area contributed by atoms with Gasteiger partial charge in [0.1, 0.15) is 0 Å². The highest BCUT2D eigenvalue weighted by molar-refractivity contribution is 8.15. The van der Waals surface area contributed by atoms with Gasteiger partial charge in [0.05, 0.1) is 6.61 Å². The molecule has 1 rings (SSSR count). The fourth-order valence-electron chi connectivity index (χ4n) is 1.97. The lowest BCUT2D eigenvalue weighted by Gasteiger charge is -2.28. The lowest BCUT2D eigenvalue weighted by molar-refractivity contribution is 0.173. The highest BCUT2D eigenvalue weighted by atomic mass is 32.2. The summed E-state index contributed by atoms with van der Waals surface area (Å²) in [5, 5.41) is 0.0156. The SMILES string of the molecule is COC[C@@](C)(Cc1cc(N)cc(F)c1F)SC(N)=NCF. The van der Waals surface area contributed by atoms with E-state index in [4.69, 9.17) is 16.2 Å². The first-order valence-corrected chi connectivity index (χ1v) is 6.90. The molecule has 4 nitrogen and oxygen atoms in total. The average molecular weight is 321 g/mol. The Hall–Kier alpha value is -1.41. The van der Waals surface area contributed by atoms with Gasteiger partial charge in [0.25, 0.3) is 0 Å². The number of hydrogen-bond donors (Lipinski definition) is 2. The number of halogens is 3. The number of aliphatic imine (C=N–C) groups is 1. The minimum atomic E-state index is -1.01. The van der Waals surface area contributed by atoms with Gasteiger partial charge < -0.3 is 16.2 Å². The minimum absolute atomic E-state index is 0.0156. The molecule has 0 unspecified atom stereocenters. The summed E-state index contributed by atoms with van der Waals surface area (Å²) in [7, 11) is 1.47. The van der Waals surface area contributed by atoms with E-state index in [1.54, 1.807) is 6.92 Å². The Bertz CT molecular complexity index is 528. The molecule has 0 aromatic heterocycles. The molecule has 0 aliphatic rings. The Morgan fingerprint density at radius 2 is 2.10 bits per heavy atom.